The van der Waals surface area contributed by atoms with Crippen molar-refractivity contribution >= 4 is 17.9 Å². The lowest BCUT2D eigenvalue weighted by Crippen LogP contribution is -2.56. The summed E-state index contributed by atoms with van der Waals surface area (Å²) in [5.41, 5.74) is 2.84. The molecule has 1 N–H and O–H groups in total. The Morgan fingerprint density at radius 2 is 2.00 bits per heavy atom. The van der Waals surface area contributed by atoms with E-state index in [9.17, 15) is 4.79 Å². The highest BCUT2D eigenvalue weighted by molar-refractivity contribution is 8.00. The Labute approximate surface area is 155 Å². The number of likely N-dealkylation sites (tertiary alicyclic amines) is 1. The zero-order valence-corrected chi connectivity index (χ0v) is 17.1. The second-order valence-corrected chi connectivity index (χ2v) is 9.01. The number of piperidine rings is 1. The van der Waals surface area contributed by atoms with Crippen molar-refractivity contribution in [2.24, 2.45) is 0 Å². The lowest BCUT2D eigenvalue weighted by atomic mass is 10.0. The summed E-state index contributed by atoms with van der Waals surface area (Å²) in [5, 5.41) is 3.69. The van der Waals surface area contributed by atoms with Crippen LogP contribution in [0.15, 0.2) is 12.1 Å². The van der Waals surface area contributed by atoms with Crippen molar-refractivity contribution in [1.82, 2.24) is 15.2 Å². The van der Waals surface area contributed by atoms with Gasteiger partial charge in [0.2, 0.25) is 0 Å². The predicted molar refractivity (Wildman–Crippen MR) is 104 cm³/mol. The van der Waals surface area contributed by atoms with Crippen molar-refractivity contribution in [3.63, 3.8) is 0 Å². The van der Waals surface area contributed by atoms with Crippen molar-refractivity contribution < 1.29 is 9.53 Å². The summed E-state index contributed by atoms with van der Waals surface area (Å²) in [6.07, 6.45) is 3.90. The normalized spacial score (nSPS) is 21.3. The SMILES string of the molecule is CSC1(NCc2cc(C)nc(C)c2)CCCN(C(=O)OC(C)(C)C)C1. The number of hydrogen-bond donors (Lipinski definition) is 1. The highest BCUT2D eigenvalue weighted by Gasteiger charge is 2.37. The Morgan fingerprint density at radius 1 is 1.36 bits per heavy atom. The van der Waals surface area contributed by atoms with E-state index in [1.165, 1.54) is 5.56 Å². The molecular formula is C19H31N3O2S. The lowest BCUT2D eigenvalue weighted by molar-refractivity contribution is 0.0170. The number of amides is 1. The molecule has 1 atom stereocenters. The largest absolute Gasteiger partial charge is 0.444 e. The maximum absolute atomic E-state index is 12.4. The summed E-state index contributed by atoms with van der Waals surface area (Å²) in [4.78, 5) is 18.6. The van der Waals surface area contributed by atoms with Gasteiger partial charge in [-0.25, -0.2) is 4.79 Å². The second-order valence-electron chi connectivity index (χ2n) is 7.82. The van der Waals surface area contributed by atoms with Crippen molar-refractivity contribution in [2.45, 2.75) is 64.5 Å². The molecule has 1 saturated heterocycles. The summed E-state index contributed by atoms with van der Waals surface area (Å²) in [6.45, 7) is 11.9. The van der Waals surface area contributed by atoms with E-state index in [-0.39, 0.29) is 11.0 Å². The molecule has 1 amide bonds. The van der Waals surface area contributed by atoms with E-state index < -0.39 is 5.60 Å². The van der Waals surface area contributed by atoms with E-state index >= 15 is 0 Å². The van der Waals surface area contributed by atoms with Crippen LogP contribution in [0.1, 0.15) is 50.6 Å². The third-order valence-electron chi connectivity index (χ3n) is 4.25. The molecule has 1 unspecified atom stereocenters. The first-order valence-corrected chi connectivity index (χ1v) is 10.1. The second kappa shape index (κ2) is 7.96. The number of pyridine rings is 1. The molecule has 0 bridgehead atoms. The first-order valence-electron chi connectivity index (χ1n) is 8.85. The minimum Gasteiger partial charge on any atom is -0.444 e. The minimum atomic E-state index is -0.462. The quantitative estimate of drug-likeness (QED) is 0.821. The van der Waals surface area contributed by atoms with Crippen LogP contribution in [-0.4, -0.2) is 45.8 Å². The fourth-order valence-electron chi connectivity index (χ4n) is 3.17. The molecule has 25 heavy (non-hydrogen) atoms. The molecule has 1 aliphatic heterocycles. The topological polar surface area (TPSA) is 54.5 Å². The Bertz CT molecular complexity index is 595. The van der Waals surface area contributed by atoms with Gasteiger partial charge in [-0.3, -0.25) is 10.3 Å². The van der Waals surface area contributed by atoms with Gasteiger partial charge in [-0.15, -0.1) is 11.8 Å². The van der Waals surface area contributed by atoms with Gasteiger partial charge in [-0.05, 0) is 71.4 Å². The van der Waals surface area contributed by atoms with Gasteiger partial charge in [0.05, 0.1) is 11.4 Å². The highest BCUT2D eigenvalue weighted by Crippen LogP contribution is 2.31. The minimum absolute atomic E-state index is 0.139. The van der Waals surface area contributed by atoms with E-state index in [4.69, 9.17) is 4.74 Å². The number of carbonyl (C=O) groups excluding carboxylic acids is 1. The number of ether oxygens (including phenoxy) is 1. The molecule has 1 fully saturated rings. The molecule has 0 aliphatic carbocycles. The van der Waals surface area contributed by atoms with Gasteiger partial charge >= 0.3 is 6.09 Å². The molecule has 2 rings (SSSR count). The molecule has 1 aromatic heterocycles. The van der Waals surface area contributed by atoms with Gasteiger partial charge in [0, 0.05) is 24.5 Å². The lowest BCUT2D eigenvalue weighted by Gasteiger charge is -2.42. The van der Waals surface area contributed by atoms with E-state index in [0.717, 1.165) is 37.3 Å². The van der Waals surface area contributed by atoms with Crippen LogP contribution in [-0.2, 0) is 11.3 Å². The van der Waals surface area contributed by atoms with Gasteiger partial charge in [0.1, 0.15) is 5.60 Å². The molecule has 2 heterocycles. The Kier molecular flexibility index (Phi) is 6.38. The number of rotatable bonds is 4. The number of nitrogens with one attached hydrogen (secondary N) is 1. The molecule has 6 heteroatoms. The number of carbonyl (C=O) groups is 1. The smallest absolute Gasteiger partial charge is 0.410 e. The van der Waals surface area contributed by atoms with Crippen LogP contribution in [0, 0.1) is 13.8 Å². The highest BCUT2D eigenvalue weighted by atomic mass is 32.2. The number of hydrogen-bond acceptors (Lipinski definition) is 5. The van der Waals surface area contributed by atoms with Gasteiger partial charge in [-0.1, -0.05) is 0 Å². The number of thioether (sulfide) groups is 1. The third kappa shape index (κ3) is 5.89. The first-order chi connectivity index (χ1) is 11.6. The van der Waals surface area contributed by atoms with Crippen LogP contribution < -0.4 is 5.32 Å². The zero-order chi connectivity index (χ0) is 18.7. The number of aromatic nitrogens is 1. The molecule has 1 aromatic rings. The maximum Gasteiger partial charge on any atom is 0.410 e. The fourth-order valence-corrected chi connectivity index (χ4v) is 4.02. The van der Waals surface area contributed by atoms with Gasteiger partial charge < -0.3 is 9.64 Å². The Morgan fingerprint density at radius 3 is 2.56 bits per heavy atom. The third-order valence-corrected chi connectivity index (χ3v) is 5.51. The van der Waals surface area contributed by atoms with Crippen LogP contribution in [0.3, 0.4) is 0 Å². The van der Waals surface area contributed by atoms with Gasteiger partial charge in [0.25, 0.3) is 0 Å². The molecular weight excluding hydrogens is 334 g/mol. The van der Waals surface area contributed by atoms with E-state index in [1.807, 2.05) is 39.5 Å². The number of nitrogens with zero attached hydrogens (tertiary/aromatic N) is 2. The Balaban J connectivity index is 2.04. The van der Waals surface area contributed by atoms with Gasteiger partial charge in [-0.2, -0.15) is 0 Å². The number of aryl methyl sites for hydroxylation is 2. The van der Waals surface area contributed by atoms with Crippen LogP contribution in [0.4, 0.5) is 4.79 Å². The van der Waals surface area contributed by atoms with Crippen molar-refractivity contribution in [1.29, 1.82) is 0 Å². The summed E-state index contributed by atoms with van der Waals surface area (Å²) in [5.74, 6) is 0. The first kappa shape index (κ1) is 20.0. The van der Waals surface area contributed by atoms with E-state index in [1.54, 1.807) is 11.8 Å². The predicted octanol–water partition coefficient (Wildman–Crippen LogP) is 3.88. The van der Waals surface area contributed by atoms with Crippen LogP contribution in [0.5, 0.6) is 0 Å². The van der Waals surface area contributed by atoms with E-state index in [2.05, 4.69) is 28.7 Å². The summed E-state index contributed by atoms with van der Waals surface area (Å²) >= 11 is 1.78. The summed E-state index contributed by atoms with van der Waals surface area (Å²) < 4.78 is 5.55. The van der Waals surface area contributed by atoms with Crippen LogP contribution in [0.2, 0.25) is 0 Å². The molecule has 0 radical (unpaired) electrons. The van der Waals surface area contributed by atoms with Gasteiger partial charge in [0.15, 0.2) is 0 Å². The maximum atomic E-state index is 12.4. The molecule has 5 nitrogen and oxygen atoms in total. The van der Waals surface area contributed by atoms with Crippen LogP contribution in [0.25, 0.3) is 0 Å². The van der Waals surface area contributed by atoms with E-state index in [0.29, 0.717) is 6.54 Å². The van der Waals surface area contributed by atoms with Crippen molar-refractivity contribution in [3.05, 3.63) is 29.1 Å². The molecule has 0 saturated carbocycles. The fraction of sp³-hybridized carbons (Fsp3) is 0.684. The molecule has 1 aliphatic rings. The van der Waals surface area contributed by atoms with Crippen molar-refractivity contribution in [3.8, 4) is 0 Å². The average Bonchev–Trinajstić information content (AvgIpc) is 2.51. The monoisotopic (exact) mass is 365 g/mol. The zero-order valence-electron chi connectivity index (χ0n) is 16.3. The standard InChI is InChI=1S/C19H31N3O2S/c1-14-10-16(11-15(2)21-14)12-20-19(25-6)8-7-9-22(13-19)17(23)24-18(3,4)5/h10-11,20H,7-9,12-13H2,1-6H3. The molecule has 0 spiro atoms. The summed E-state index contributed by atoms with van der Waals surface area (Å²) in [6, 6.07) is 4.23. The van der Waals surface area contributed by atoms with Crippen molar-refractivity contribution in [2.75, 3.05) is 19.3 Å². The summed E-state index contributed by atoms with van der Waals surface area (Å²) in [7, 11) is 0. The Hall–Kier alpha value is -1.27. The molecule has 140 valence electrons. The average molecular weight is 366 g/mol. The van der Waals surface area contributed by atoms with Crippen LogP contribution >= 0.6 is 11.8 Å². The molecule has 0 aromatic carbocycles.